The molecule has 3 heteroatoms. The Bertz CT molecular complexity index is 244. The lowest BCUT2D eigenvalue weighted by molar-refractivity contribution is -0.136. The molecule has 1 amide bonds. The molecule has 0 bridgehead atoms. The van der Waals surface area contributed by atoms with Crippen molar-refractivity contribution in [2.45, 2.75) is 51.6 Å². The van der Waals surface area contributed by atoms with Crippen molar-refractivity contribution in [1.82, 2.24) is 4.90 Å². The van der Waals surface area contributed by atoms with E-state index in [2.05, 4.69) is 4.90 Å². The molecule has 3 nitrogen and oxygen atoms in total. The van der Waals surface area contributed by atoms with E-state index in [0.717, 1.165) is 12.5 Å². The number of rotatable bonds is 5. The average molecular weight is 210 g/mol. The minimum Gasteiger partial charge on any atom is -0.339 e. The number of amides is 1. The first-order valence-corrected chi connectivity index (χ1v) is 6.15. The minimum absolute atomic E-state index is 0.0237. The Kier molecular flexibility index (Phi) is 3.01. The molecule has 2 N–H and O–H groups in total. The predicted octanol–water partition coefficient (Wildman–Crippen LogP) is 1.37. The molecule has 0 aromatic heterocycles. The standard InChI is InChI=1S/C12H22N2O/c1-8(9(2)13)12(15)14(11-5-6-11)7-10-3-4-10/h8-11H,3-7,13H2,1-2H3. The van der Waals surface area contributed by atoms with Gasteiger partial charge in [0.15, 0.2) is 0 Å². The fraction of sp³-hybridized carbons (Fsp3) is 0.917. The number of nitrogens with two attached hydrogens (primary N) is 1. The largest absolute Gasteiger partial charge is 0.339 e. The second-order valence-electron chi connectivity index (χ2n) is 5.31. The van der Waals surface area contributed by atoms with Gasteiger partial charge in [0.25, 0.3) is 0 Å². The zero-order valence-electron chi connectivity index (χ0n) is 9.78. The maximum Gasteiger partial charge on any atom is 0.227 e. The number of hydrogen-bond acceptors (Lipinski definition) is 2. The zero-order valence-corrected chi connectivity index (χ0v) is 9.78. The van der Waals surface area contributed by atoms with Gasteiger partial charge in [-0.25, -0.2) is 0 Å². The van der Waals surface area contributed by atoms with E-state index in [-0.39, 0.29) is 17.9 Å². The van der Waals surface area contributed by atoms with Gasteiger partial charge < -0.3 is 10.6 Å². The molecule has 86 valence electrons. The van der Waals surface area contributed by atoms with Crippen LogP contribution >= 0.6 is 0 Å². The Morgan fingerprint density at radius 3 is 2.33 bits per heavy atom. The molecule has 0 aromatic carbocycles. The maximum atomic E-state index is 12.2. The van der Waals surface area contributed by atoms with Crippen LogP contribution in [0.3, 0.4) is 0 Å². The molecule has 2 rings (SSSR count). The average Bonchev–Trinajstić information content (AvgIpc) is 3.00. The second-order valence-corrected chi connectivity index (χ2v) is 5.31. The van der Waals surface area contributed by atoms with Crippen molar-refractivity contribution in [1.29, 1.82) is 0 Å². The Hall–Kier alpha value is -0.570. The third kappa shape index (κ3) is 2.71. The number of carbonyl (C=O) groups excluding carboxylic acids is 1. The summed E-state index contributed by atoms with van der Waals surface area (Å²) >= 11 is 0. The van der Waals surface area contributed by atoms with E-state index in [1.807, 2.05) is 13.8 Å². The lowest BCUT2D eigenvalue weighted by atomic mass is 10.0. The van der Waals surface area contributed by atoms with Crippen molar-refractivity contribution < 1.29 is 4.79 Å². The van der Waals surface area contributed by atoms with Crippen LogP contribution in [0.25, 0.3) is 0 Å². The minimum atomic E-state index is -0.0297. The van der Waals surface area contributed by atoms with Gasteiger partial charge in [0, 0.05) is 18.6 Å². The van der Waals surface area contributed by atoms with E-state index < -0.39 is 0 Å². The number of carbonyl (C=O) groups is 1. The molecular formula is C12H22N2O. The van der Waals surface area contributed by atoms with Crippen LogP contribution in [-0.2, 0) is 4.79 Å². The first-order chi connectivity index (χ1) is 7.09. The highest BCUT2D eigenvalue weighted by molar-refractivity contribution is 5.79. The fourth-order valence-corrected chi connectivity index (χ4v) is 1.87. The van der Waals surface area contributed by atoms with Crippen LogP contribution in [0.2, 0.25) is 0 Å². The third-order valence-electron chi connectivity index (χ3n) is 3.60. The molecule has 2 unspecified atom stereocenters. The van der Waals surface area contributed by atoms with Gasteiger partial charge in [-0.3, -0.25) is 4.79 Å². The molecule has 2 aliphatic rings. The summed E-state index contributed by atoms with van der Waals surface area (Å²) < 4.78 is 0. The zero-order chi connectivity index (χ0) is 11.0. The lowest BCUT2D eigenvalue weighted by Crippen LogP contribution is -2.43. The molecule has 2 saturated carbocycles. The van der Waals surface area contributed by atoms with Gasteiger partial charge in [-0.1, -0.05) is 6.92 Å². The Balaban J connectivity index is 1.93. The summed E-state index contributed by atoms with van der Waals surface area (Å²) in [5.74, 6) is 1.04. The Morgan fingerprint density at radius 2 is 1.93 bits per heavy atom. The van der Waals surface area contributed by atoms with Crippen molar-refractivity contribution in [2.24, 2.45) is 17.6 Å². The lowest BCUT2D eigenvalue weighted by Gasteiger charge is -2.27. The topological polar surface area (TPSA) is 46.3 Å². The number of hydrogen-bond donors (Lipinski definition) is 1. The summed E-state index contributed by atoms with van der Waals surface area (Å²) in [4.78, 5) is 14.3. The molecule has 15 heavy (non-hydrogen) atoms. The van der Waals surface area contributed by atoms with E-state index in [1.165, 1.54) is 25.7 Å². The van der Waals surface area contributed by atoms with E-state index >= 15 is 0 Å². The molecule has 0 spiro atoms. The van der Waals surface area contributed by atoms with Gasteiger partial charge in [-0.15, -0.1) is 0 Å². The quantitative estimate of drug-likeness (QED) is 0.745. The van der Waals surface area contributed by atoms with Gasteiger partial charge >= 0.3 is 0 Å². The first kappa shape index (κ1) is 10.9. The van der Waals surface area contributed by atoms with Gasteiger partial charge in [0.05, 0.1) is 5.92 Å². The summed E-state index contributed by atoms with van der Waals surface area (Å²) in [7, 11) is 0. The molecule has 2 aliphatic carbocycles. The van der Waals surface area contributed by atoms with E-state index in [1.54, 1.807) is 0 Å². The van der Waals surface area contributed by atoms with Crippen LogP contribution in [0.4, 0.5) is 0 Å². The van der Waals surface area contributed by atoms with Crippen molar-refractivity contribution in [2.75, 3.05) is 6.54 Å². The van der Waals surface area contributed by atoms with E-state index in [0.29, 0.717) is 6.04 Å². The molecular weight excluding hydrogens is 188 g/mol. The highest BCUT2D eigenvalue weighted by Crippen LogP contribution is 2.35. The van der Waals surface area contributed by atoms with Crippen LogP contribution in [0.1, 0.15) is 39.5 Å². The normalized spacial score (nSPS) is 24.7. The summed E-state index contributed by atoms with van der Waals surface area (Å²) in [6.45, 7) is 4.86. The van der Waals surface area contributed by atoms with E-state index in [4.69, 9.17) is 5.73 Å². The summed E-state index contributed by atoms with van der Waals surface area (Å²) in [5.41, 5.74) is 5.79. The number of nitrogens with zero attached hydrogens (tertiary/aromatic N) is 1. The van der Waals surface area contributed by atoms with Gasteiger partial charge in [0.2, 0.25) is 5.91 Å². The molecule has 0 aliphatic heterocycles. The molecule has 0 heterocycles. The summed E-state index contributed by atoms with van der Waals surface area (Å²) in [6.07, 6.45) is 5.01. The highest BCUT2D eigenvalue weighted by Gasteiger charge is 2.38. The Morgan fingerprint density at radius 1 is 1.33 bits per heavy atom. The van der Waals surface area contributed by atoms with Crippen molar-refractivity contribution in [3.63, 3.8) is 0 Å². The van der Waals surface area contributed by atoms with Crippen molar-refractivity contribution >= 4 is 5.91 Å². The predicted molar refractivity (Wildman–Crippen MR) is 60.3 cm³/mol. The summed E-state index contributed by atoms with van der Waals surface area (Å²) in [5, 5.41) is 0. The highest BCUT2D eigenvalue weighted by atomic mass is 16.2. The van der Waals surface area contributed by atoms with Crippen LogP contribution in [0, 0.1) is 11.8 Å². The van der Waals surface area contributed by atoms with Gasteiger partial charge in [-0.2, -0.15) is 0 Å². The second kappa shape index (κ2) is 4.12. The maximum absolute atomic E-state index is 12.2. The van der Waals surface area contributed by atoms with Gasteiger partial charge in [-0.05, 0) is 38.5 Å². The van der Waals surface area contributed by atoms with E-state index in [9.17, 15) is 4.79 Å². The SMILES string of the molecule is CC(N)C(C)C(=O)N(CC1CC1)C1CC1. The molecule has 2 atom stereocenters. The van der Waals surface area contributed by atoms with Crippen LogP contribution in [0.5, 0.6) is 0 Å². The third-order valence-corrected chi connectivity index (χ3v) is 3.60. The molecule has 0 radical (unpaired) electrons. The van der Waals surface area contributed by atoms with Crippen LogP contribution in [-0.4, -0.2) is 29.4 Å². The van der Waals surface area contributed by atoms with Crippen molar-refractivity contribution in [3.05, 3.63) is 0 Å². The Labute approximate surface area is 92.0 Å². The smallest absolute Gasteiger partial charge is 0.227 e. The fourth-order valence-electron chi connectivity index (χ4n) is 1.87. The first-order valence-electron chi connectivity index (χ1n) is 6.15. The van der Waals surface area contributed by atoms with Gasteiger partial charge in [0.1, 0.15) is 0 Å². The van der Waals surface area contributed by atoms with Crippen molar-refractivity contribution in [3.8, 4) is 0 Å². The molecule has 0 saturated heterocycles. The van der Waals surface area contributed by atoms with Crippen LogP contribution in [0.15, 0.2) is 0 Å². The molecule has 0 aromatic rings. The molecule has 2 fully saturated rings. The monoisotopic (exact) mass is 210 g/mol. The van der Waals surface area contributed by atoms with Crippen LogP contribution < -0.4 is 5.73 Å². The summed E-state index contributed by atoms with van der Waals surface area (Å²) in [6, 6.07) is 0.511.